The van der Waals surface area contributed by atoms with Crippen molar-refractivity contribution in [1.29, 1.82) is 0 Å². The number of piperidine rings is 1. The molecule has 0 bridgehead atoms. The zero-order valence-corrected chi connectivity index (χ0v) is 16.4. The van der Waals surface area contributed by atoms with Gasteiger partial charge in [0.05, 0.1) is 11.5 Å². The Morgan fingerprint density at radius 1 is 1.11 bits per heavy atom. The van der Waals surface area contributed by atoms with Crippen molar-refractivity contribution in [2.75, 3.05) is 19.6 Å². The molecule has 1 unspecified atom stereocenters. The molecule has 6 nitrogen and oxygen atoms in total. The Labute approximate surface area is 166 Å². The SMILES string of the molecule is O=C(OCc1ccccc1)N1CCCC2(CCN([C@H]3CC[C@@H](O)CC3)C2=O)C1. The highest BCUT2D eigenvalue weighted by Crippen LogP contribution is 2.42. The maximum Gasteiger partial charge on any atom is 0.410 e. The highest BCUT2D eigenvalue weighted by atomic mass is 16.6. The Morgan fingerprint density at radius 2 is 1.86 bits per heavy atom. The number of carbonyl (C=O) groups is 2. The number of aliphatic hydroxyl groups is 1. The minimum absolute atomic E-state index is 0.203. The van der Waals surface area contributed by atoms with Crippen LogP contribution in [-0.2, 0) is 16.1 Å². The van der Waals surface area contributed by atoms with E-state index in [0.29, 0.717) is 13.1 Å². The minimum atomic E-state index is -0.444. The van der Waals surface area contributed by atoms with Crippen LogP contribution in [0, 0.1) is 5.41 Å². The number of hydrogen-bond acceptors (Lipinski definition) is 4. The van der Waals surface area contributed by atoms with Crippen LogP contribution in [0.1, 0.15) is 50.5 Å². The first kappa shape index (κ1) is 19.2. The van der Waals surface area contributed by atoms with Crippen LogP contribution in [0.3, 0.4) is 0 Å². The molecule has 4 rings (SSSR count). The van der Waals surface area contributed by atoms with Gasteiger partial charge < -0.3 is 19.6 Å². The molecule has 1 aliphatic carbocycles. The fourth-order valence-corrected chi connectivity index (χ4v) is 5.04. The summed E-state index contributed by atoms with van der Waals surface area (Å²) in [6.07, 6.45) is 5.27. The van der Waals surface area contributed by atoms with E-state index < -0.39 is 5.41 Å². The van der Waals surface area contributed by atoms with Crippen LogP contribution < -0.4 is 0 Å². The predicted octanol–water partition coefficient (Wildman–Crippen LogP) is 2.94. The van der Waals surface area contributed by atoms with Gasteiger partial charge in [-0.05, 0) is 50.5 Å². The predicted molar refractivity (Wildman–Crippen MR) is 104 cm³/mol. The molecule has 0 aromatic heterocycles. The third kappa shape index (κ3) is 3.88. The molecule has 2 saturated heterocycles. The van der Waals surface area contributed by atoms with Gasteiger partial charge in [0.2, 0.25) is 5.91 Å². The first-order valence-corrected chi connectivity index (χ1v) is 10.5. The second kappa shape index (κ2) is 8.11. The maximum atomic E-state index is 13.3. The molecule has 1 spiro atoms. The maximum absolute atomic E-state index is 13.3. The van der Waals surface area contributed by atoms with Gasteiger partial charge in [-0.25, -0.2) is 4.79 Å². The number of amides is 2. The van der Waals surface area contributed by atoms with Crippen LogP contribution in [0.4, 0.5) is 4.79 Å². The Bertz CT molecular complexity index is 702. The van der Waals surface area contributed by atoms with E-state index >= 15 is 0 Å². The topological polar surface area (TPSA) is 70.1 Å². The van der Waals surface area contributed by atoms with Gasteiger partial charge in [-0.2, -0.15) is 0 Å². The second-order valence-electron chi connectivity index (χ2n) is 8.56. The van der Waals surface area contributed by atoms with Crippen molar-refractivity contribution in [3.05, 3.63) is 35.9 Å². The molecule has 1 atom stereocenters. The number of hydrogen-bond donors (Lipinski definition) is 1. The molecule has 1 saturated carbocycles. The van der Waals surface area contributed by atoms with Crippen molar-refractivity contribution in [3.8, 4) is 0 Å². The smallest absolute Gasteiger partial charge is 0.410 e. The average Bonchev–Trinajstić information content (AvgIpc) is 3.03. The number of benzene rings is 1. The number of nitrogens with zero attached hydrogens (tertiary/aromatic N) is 2. The van der Waals surface area contributed by atoms with Crippen molar-refractivity contribution in [2.24, 2.45) is 5.41 Å². The lowest BCUT2D eigenvalue weighted by Gasteiger charge is -2.40. The summed E-state index contributed by atoms with van der Waals surface area (Å²) in [7, 11) is 0. The third-order valence-electron chi connectivity index (χ3n) is 6.69. The zero-order valence-electron chi connectivity index (χ0n) is 16.4. The molecule has 3 fully saturated rings. The Kier molecular flexibility index (Phi) is 5.58. The van der Waals surface area contributed by atoms with E-state index in [2.05, 4.69) is 0 Å². The molecule has 28 heavy (non-hydrogen) atoms. The molecule has 2 amide bonds. The highest BCUT2D eigenvalue weighted by Gasteiger charge is 2.51. The second-order valence-corrected chi connectivity index (χ2v) is 8.56. The van der Waals surface area contributed by atoms with Crippen LogP contribution in [0.2, 0.25) is 0 Å². The Morgan fingerprint density at radius 3 is 2.61 bits per heavy atom. The lowest BCUT2D eigenvalue weighted by Crippen LogP contribution is -2.51. The van der Waals surface area contributed by atoms with Gasteiger partial charge in [0.25, 0.3) is 0 Å². The third-order valence-corrected chi connectivity index (χ3v) is 6.69. The summed E-state index contributed by atoms with van der Waals surface area (Å²) >= 11 is 0. The summed E-state index contributed by atoms with van der Waals surface area (Å²) in [5, 5.41) is 9.75. The molecule has 1 aromatic carbocycles. The molecule has 1 N–H and O–H groups in total. The largest absolute Gasteiger partial charge is 0.445 e. The lowest BCUT2D eigenvalue weighted by atomic mass is 9.78. The first-order valence-electron chi connectivity index (χ1n) is 10.5. The normalized spacial score (nSPS) is 30.7. The fraction of sp³-hybridized carbons (Fsp3) is 0.636. The minimum Gasteiger partial charge on any atom is -0.445 e. The summed E-state index contributed by atoms with van der Waals surface area (Å²) in [5.41, 5.74) is 0.519. The van der Waals surface area contributed by atoms with Gasteiger partial charge in [0.15, 0.2) is 0 Å². The molecular weight excluding hydrogens is 356 g/mol. The van der Waals surface area contributed by atoms with Crippen LogP contribution in [0.25, 0.3) is 0 Å². The molecule has 2 heterocycles. The number of aliphatic hydroxyl groups excluding tert-OH is 1. The number of carbonyl (C=O) groups excluding carboxylic acids is 2. The van der Waals surface area contributed by atoms with E-state index in [1.54, 1.807) is 4.90 Å². The average molecular weight is 386 g/mol. The lowest BCUT2D eigenvalue weighted by molar-refractivity contribution is -0.141. The molecule has 0 radical (unpaired) electrons. The van der Waals surface area contributed by atoms with E-state index in [1.807, 2.05) is 35.2 Å². The van der Waals surface area contributed by atoms with Crippen molar-refractivity contribution in [1.82, 2.24) is 9.80 Å². The van der Waals surface area contributed by atoms with Crippen LogP contribution in [-0.4, -0.2) is 58.7 Å². The molecule has 152 valence electrons. The highest BCUT2D eigenvalue weighted by molar-refractivity contribution is 5.86. The molecule has 6 heteroatoms. The molecule has 1 aromatic rings. The molecule has 2 aliphatic heterocycles. The molecule has 3 aliphatic rings. The van der Waals surface area contributed by atoms with E-state index in [1.165, 1.54) is 0 Å². The van der Waals surface area contributed by atoms with Crippen LogP contribution in [0.5, 0.6) is 0 Å². The summed E-state index contributed by atoms with van der Waals surface area (Å²) in [5.74, 6) is 0.203. The van der Waals surface area contributed by atoms with Crippen molar-refractivity contribution >= 4 is 12.0 Å². The number of rotatable bonds is 3. The van der Waals surface area contributed by atoms with E-state index in [4.69, 9.17) is 4.74 Å². The quantitative estimate of drug-likeness (QED) is 0.867. The van der Waals surface area contributed by atoms with Gasteiger partial charge in [0.1, 0.15) is 6.61 Å². The standard InChI is InChI=1S/C22H30N2O4/c25-19-9-7-18(8-10-19)24-14-12-22(20(24)26)11-4-13-23(16-22)21(27)28-15-17-5-2-1-3-6-17/h1-3,5-6,18-19,25H,4,7-16H2/t18-,19+,22?. The van der Waals surface area contributed by atoms with Crippen molar-refractivity contribution < 1.29 is 19.4 Å². The number of likely N-dealkylation sites (tertiary alicyclic amines) is 2. The summed E-state index contributed by atoms with van der Waals surface area (Å²) in [6.45, 7) is 2.14. The van der Waals surface area contributed by atoms with Gasteiger partial charge in [-0.3, -0.25) is 4.79 Å². The van der Waals surface area contributed by atoms with Crippen LogP contribution >= 0.6 is 0 Å². The van der Waals surface area contributed by atoms with Gasteiger partial charge in [-0.15, -0.1) is 0 Å². The number of ether oxygens (including phenoxy) is 1. The van der Waals surface area contributed by atoms with E-state index in [0.717, 1.165) is 57.1 Å². The van der Waals surface area contributed by atoms with Gasteiger partial charge in [0, 0.05) is 25.7 Å². The summed E-state index contributed by atoms with van der Waals surface area (Å²) < 4.78 is 5.49. The van der Waals surface area contributed by atoms with Crippen molar-refractivity contribution in [2.45, 2.75) is 63.7 Å². The Balaban J connectivity index is 1.36. The Hall–Kier alpha value is -2.08. The van der Waals surface area contributed by atoms with Crippen LogP contribution in [0.15, 0.2) is 30.3 Å². The summed E-state index contributed by atoms with van der Waals surface area (Å²) in [6, 6.07) is 9.90. The molecular formula is C22H30N2O4. The summed E-state index contributed by atoms with van der Waals surface area (Å²) in [4.78, 5) is 29.6. The van der Waals surface area contributed by atoms with E-state index in [9.17, 15) is 14.7 Å². The zero-order chi connectivity index (χ0) is 19.6. The van der Waals surface area contributed by atoms with Crippen molar-refractivity contribution in [3.63, 3.8) is 0 Å². The van der Waals surface area contributed by atoms with E-state index in [-0.39, 0.29) is 30.8 Å². The fourth-order valence-electron chi connectivity index (χ4n) is 5.04. The first-order chi connectivity index (χ1) is 13.6. The van der Waals surface area contributed by atoms with Gasteiger partial charge in [-0.1, -0.05) is 30.3 Å². The monoisotopic (exact) mass is 386 g/mol. The van der Waals surface area contributed by atoms with Gasteiger partial charge >= 0.3 is 6.09 Å².